The smallest absolute Gasteiger partial charge is 0.145 e. The minimum Gasteiger partial charge on any atom is -0.484 e. The molecule has 0 aliphatic heterocycles. The molecule has 0 aliphatic rings. The number of halogens is 1. The van der Waals surface area contributed by atoms with Crippen molar-refractivity contribution in [2.75, 3.05) is 13.7 Å². The summed E-state index contributed by atoms with van der Waals surface area (Å²) in [5, 5.41) is 0. The van der Waals surface area contributed by atoms with Crippen molar-refractivity contribution in [2.24, 2.45) is 5.73 Å². The van der Waals surface area contributed by atoms with Gasteiger partial charge in [0.15, 0.2) is 0 Å². The Morgan fingerprint density at radius 1 is 1.32 bits per heavy atom. The number of methoxy groups -OCH3 is 1. The Morgan fingerprint density at radius 2 is 2.16 bits per heavy atom. The lowest BCUT2D eigenvalue weighted by Crippen LogP contribution is -2.17. The molecule has 2 aromatic rings. The van der Waals surface area contributed by atoms with Crippen LogP contribution in [0.15, 0.2) is 40.2 Å². The molecule has 102 valence electrons. The highest BCUT2D eigenvalue weighted by molar-refractivity contribution is 9.11. The molecule has 5 heteroatoms. The van der Waals surface area contributed by atoms with E-state index in [0.29, 0.717) is 13.2 Å². The molecular formula is C14H16BrNO2S. The van der Waals surface area contributed by atoms with Gasteiger partial charge in [-0.15, -0.1) is 11.3 Å². The van der Waals surface area contributed by atoms with Gasteiger partial charge in [-0.2, -0.15) is 0 Å². The molecule has 1 aromatic heterocycles. The van der Waals surface area contributed by atoms with Gasteiger partial charge in [0.2, 0.25) is 0 Å². The summed E-state index contributed by atoms with van der Waals surface area (Å²) >= 11 is 5.09. The van der Waals surface area contributed by atoms with Crippen LogP contribution in [0.25, 0.3) is 0 Å². The molecule has 2 N–H and O–H groups in total. The monoisotopic (exact) mass is 341 g/mol. The molecule has 1 atom stereocenters. The van der Waals surface area contributed by atoms with Crippen molar-refractivity contribution < 1.29 is 9.47 Å². The Morgan fingerprint density at radius 3 is 2.79 bits per heavy atom. The molecule has 3 nitrogen and oxygen atoms in total. The summed E-state index contributed by atoms with van der Waals surface area (Å²) in [7, 11) is 1.68. The van der Waals surface area contributed by atoms with Gasteiger partial charge in [-0.25, -0.2) is 0 Å². The second kappa shape index (κ2) is 7.05. The summed E-state index contributed by atoms with van der Waals surface area (Å²) in [5.41, 5.74) is 6.89. The van der Waals surface area contributed by atoms with Crippen molar-refractivity contribution in [3.63, 3.8) is 0 Å². The molecule has 0 fully saturated rings. The second-order valence-electron chi connectivity index (χ2n) is 4.06. The predicted octanol–water partition coefficient (Wildman–Crippen LogP) is 3.74. The van der Waals surface area contributed by atoms with E-state index in [4.69, 9.17) is 15.2 Å². The van der Waals surface area contributed by atoms with E-state index in [1.165, 1.54) is 0 Å². The van der Waals surface area contributed by atoms with Crippen LogP contribution in [-0.2, 0) is 11.3 Å². The van der Waals surface area contributed by atoms with Crippen molar-refractivity contribution >= 4 is 27.3 Å². The summed E-state index contributed by atoms with van der Waals surface area (Å²) < 4.78 is 12.2. The van der Waals surface area contributed by atoms with E-state index in [1.807, 2.05) is 36.4 Å². The van der Waals surface area contributed by atoms with Crippen molar-refractivity contribution in [1.82, 2.24) is 0 Å². The van der Waals surface area contributed by atoms with E-state index in [2.05, 4.69) is 15.9 Å². The van der Waals surface area contributed by atoms with Crippen molar-refractivity contribution in [3.8, 4) is 5.75 Å². The highest BCUT2D eigenvalue weighted by Gasteiger charge is 2.14. The highest BCUT2D eigenvalue weighted by atomic mass is 79.9. The lowest BCUT2D eigenvalue weighted by molar-refractivity contribution is 0.183. The minimum absolute atomic E-state index is 0.117. The van der Waals surface area contributed by atoms with Crippen LogP contribution in [0.2, 0.25) is 0 Å². The number of ether oxygens (including phenoxy) is 2. The molecular weight excluding hydrogens is 326 g/mol. The van der Waals surface area contributed by atoms with Crippen LogP contribution >= 0.6 is 27.3 Å². The minimum atomic E-state index is -0.117. The van der Waals surface area contributed by atoms with E-state index in [0.717, 1.165) is 20.0 Å². The standard InChI is InChI=1S/C14H16BrNO2S/c1-17-9-10-3-2-4-11(7-10)18-12(8-16)13-5-6-14(15)19-13/h2-7,12H,8-9,16H2,1H3. The first kappa shape index (κ1) is 14.5. The quantitative estimate of drug-likeness (QED) is 0.870. The van der Waals surface area contributed by atoms with Crippen LogP contribution in [0, 0.1) is 0 Å². The Bertz CT molecular complexity index is 530. The van der Waals surface area contributed by atoms with Crippen LogP contribution in [0.5, 0.6) is 5.75 Å². The van der Waals surface area contributed by atoms with Gasteiger partial charge in [0.05, 0.1) is 10.4 Å². The van der Waals surface area contributed by atoms with Gasteiger partial charge in [0.1, 0.15) is 11.9 Å². The first-order valence-corrected chi connectivity index (χ1v) is 7.53. The molecule has 0 spiro atoms. The van der Waals surface area contributed by atoms with Gasteiger partial charge in [-0.1, -0.05) is 12.1 Å². The Kier molecular flexibility index (Phi) is 5.39. The molecule has 0 saturated carbocycles. The molecule has 19 heavy (non-hydrogen) atoms. The molecule has 0 radical (unpaired) electrons. The Balaban J connectivity index is 2.11. The summed E-state index contributed by atoms with van der Waals surface area (Å²) in [4.78, 5) is 1.12. The third-order valence-corrected chi connectivity index (χ3v) is 4.33. The zero-order valence-electron chi connectivity index (χ0n) is 10.6. The van der Waals surface area contributed by atoms with E-state index in [-0.39, 0.29) is 6.10 Å². The number of benzene rings is 1. The van der Waals surface area contributed by atoms with E-state index < -0.39 is 0 Å². The van der Waals surface area contributed by atoms with Gasteiger partial charge in [0.25, 0.3) is 0 Å². The van der Waals surface area contributed by atoms with Gasteiger partial charge in [0, 0.05) is 18.5 Å². The first-order valence-electron chi connectivity index (χ1n) is 5.92. The van der Waals surface area contributed by atoms with Gasteiger partial charge >= 0.3 is 0 Å². The van der Waals surface area contributed by atoms with E-state index in [9.17, 15) is 0 Å². The lowest BCUT2D eigenvalue weighted by Gasteiger charge is -2.16. The maximum atomic E-state index is 5.96. The molecule has 1 aromatic carbocycles. The maximum Gasteiger partial charge on any atom is 0.145 e. The topological polar surface area (TPSA) is 44.5 Å². The number of hydrogen-bond acceptors (Lipinski definition) is 4. The Hall–Kier alpha value is -0.880. The summed E-state index contributed by atoms with van der Waals surface area (Å²) in [6.07, 6.45) is -0.117. The molecule has 0 saturated heterocycles. The molecule has 0 amide bonds. The molecule has 0 bridgehead atoms. The number of nitrogens with two attached hydrogens (primary N) is 1. The maximum absolute atomic E-state index is 5.96. The predicted molar refractivity (Wildman–Crippen MR) is 81.6 cm³/mol. The largest absolute Gasteiger partial charge is 0.484 e. The lowest BCUT2D eigenvalue weighted by atomic mass is 10.2. The van der Waals surface area contributed by atoms with Gasteiger partial charge in [-0.05, 0) is 45.8 Å². The Labute approximate surface area is 125 Å². The zero-order valence-corrected chi connectivity index (χ0v) is 13.0. The molecule has 1 heterocycles. The third kappa shape index (κ3) is 4.04. The van der Waals surface area contributed by atoms with Crippen molar-refractivity contribution in [2.45, 2.75) is 12.7 Å². The summed E-state index contributed by atoms with van der Waals surface area (Å²) in [6.45, 7) is 1.02. The fourth-order valence-electron chi connectivity index (χ4n) is 1.76. The number of hydrogen-bond donors (Lipinski definition) is 1. The normalized spacial score (nSPS) is 12.4. The zero-order chi connectivity index (χ0) is 13.7. The molecule has 2 rings (SSSR count). The van der Waals surface area contributed by atoms with Crippen molar-refractivity contribution in [1.29, 1.82) is 0 Å². The van der Waals surface area contributed by atoms with Crippen LogP contribution in [0.1, 0.15) is 16.5 Å². The number of rotatable bonds is 6. The van der Waals surface area contributed by atoms with E-state index in [1.54, 1.807) is 18.4 Å². The van der Waals surface area contributed by atoms with Crippen LogP contribution in [0.3, 0.4) is 0 Å². The fourth-order valence-corrected chi connectivity index (χ4v) is 3.23. The first-order chi connectivity index (χ1) is 9.22. The van der Waals surface area contributed by atoms with Gasteiger partial charge < -0.3 is 15.2 Å². The van der Waals surface area contributed by atoms with Crippen LogP contribution in [-0.4, -0.2) is 13.7 Å². The second-order valence-corrected chi connectivity index (χ2v) is 6.56. The third-order valence-electron chi connectivity index (χ3n) is 2.61. The summed E-state index contributed by atoms with van der Waals surface area (Å²) in [6, 6.07) is 11.9. The number of thiophene rings is 1. The molecule has 0 aliphatic carbocycles. The van der Waals surface area contributed by atoms with E-state index >= 15 is 0 Å². The average Bonchev–Trinajstić information content (AvgIpc) is 2.83. The van der Waals surface area contributed by atoms with Crippen LogP contribution < -0.4 is 10.5 Å². The molecule has 1 unspecified atom stereocenters. The summed E-state index contributed by atoms with van der Waals surface area (Å²) in [5.74, 6) is 0.814. The highest BCUT2D eigenvalue weighted by Crippen LogP contribution is 2.30. The fraction of sp³-hybridized carbons (Fsp3) is 0.286. The van der Waals surface area contributed by atoms with Crippen LogP contribution in [0.4, 0.5) is 0 Å². The SMILES string of the molecule is COCc1cccc(OC(CN)c2ccc(Br)s2)c1. The van der Waals surface area contributed by atoms with Gasteiger partial charge in [-0.3, -0.25) is 0 Å². The average molecular weight is 342 g/mol. The van der Waals surface area contributed by atoms with Crippen molar-refractivity contribution in [3.05, 3.63) is 50.6 Å².